The molecule has 2 aromatic rings. The fourth-order valence-electron chi connectivity index (χ4n) is 2.29. The second kappa shape index (κ2) is 6.69. The Morgan fingerprint density at radius 2 is 2.29 bits per heavy atom. The lowest BCUT2D eigenvalue weighted by Crippen LogP contribution is -2.14. The first-order valence-corrected chi connectivity index (χ1v) is 7.05. The fraction of sp³-hybridized carbons (Fsp3) is 0.357. The summed E-state index contributed by atoms with van der Waals surface area (Å²) in [4.78, 5) is 10.6. The maximum Gasteiger partial charge on any atom is 0.274 e. The van der Waals surface area contributed by atoms with Crippen LogP contribution in [0.1, 0.15) is 30.5 Å². The molecule has 0 saturated heterocycles. The third kappa shape index (κ3) is 3.59. The van der Waals surface area contributed by atoms with Gasteiger partial charge in [0.1, 0.15) is 0 Å². The first kappa shape index (κ1) is 15.5. The highest BCUT2D eigenvalue weighted by atomic mass is 35.5. The maximum atomic E-state index is 11.1. The van der Waals surface area contributed by atoms with Gasteiger partial charge in [-0.25, -0.2) is 0 Å². The highest BCUT2D eigenvalue weighted by Gasteiger charge is 2.15. The van der Waals surface area contributed by atoms with Gasteiger partial charge in [-0.05, 0) is 25.6 Å². The molecule has 6 nitrogen and oxygen atoms in total. The van der Waals surface area contributed by atoms with Crippen molar-refractivity contribution in [2.75, 3.05) is 7.05 Å². The lowest BCUT2D eigenvalue weighted by Gasteiger charge is -2.10. The second-order valence-corrected chi connectivity index (χ2v) is 5.19. The van der Waals surface area contributed by atoms with E-state index in [4.69, 9.17) is 11.6 Å². The van der Waals surface area contributed by atoms with Crippen LogP contribution in [-0.2, 0) is 6.54 Å². The lowest BCUT2D eigenvalue weighted by molar-refractivity contribution is -0.385. The van der Waals surface area contributed by atoms with E-state index in [2.05, 4.69) is 17.3 Å². The fourth-order valence-corrected chi connectivity index (χ4v) is 2.48. The predicted octanol–water partition coefficient (Wildman–Crippen LogP) is 3.16. The van der Waals surface area contributed by atoms with Gasteiger partial charge in [-0.2, -0.15) is 5.10 Å². The maximum absolute atomic E-state index is 11.1. The van der Waals surface area contributed by atoms with Gasteiger partial charge < -0.3 is 5.32 Å². The van der Waals surface area contributed by atoms with E-state index in [9.17, 15) is 10.1 Å². The van der Waals surface area contributed by atoms with Crippen molar-refractivity contribution in [3.8, 4) is 0 Å². The van der Waals surface area contributed by atoms with Crippen molar-refractivity contribution in [3.63, 3.8) is 0 Å². The van der Waals surface area contributed by atoms with Crippen molar-refractivity contribution in [2.24, 2.45) is 0 Å². The number of hydrogen-bond acceptors (Lipinski definition) is 4. The summed E-state index contributed by atoms with van der Waals surface area (Å²) < 4.78 is 1.69. The normalized spacial score (nSPS) is 12.3. The molecule has 1 aromatic carbocycles. The minimum atomic E-state index is -0.404. The van der Waals surface area contributed by atoms with E-state index in [0.717, 1.165) is 12.0 Å². The Morgan fingerprint density at radius 1 is 1.52 bits per heavy atom. The van der Waals surface area contributed by atoms with Gasteiger partial charge in [-0.15, -0.1) is 0 Å². The highest BCUT2D eigenvalue weighted by molar-refractivity contribution is 6.30. The molecule has 1 aromatic heterocycles. The molecule has 1 N–H and O–H groups in total. The van der Waals surface area contributed by atoms with Crippen LogP contribution in [0.4, 0.5) is 5.69 Å². The number of nitrogens with one attached hydrogen (secondary N) is 1. The monoisotopic (exact) mass is 308 g/mol. The third-order valence-electron chi connectivity index (χ3n) is 3.38. The number of rotatable bonds is 6. The van der Waals surface area contributed by atoms with Gasteiger partial charge in [0.15, 0.2) is 0 Å². The van der Waals surface area contributed by atoms with Gasteiger partial charge in [0.2, 0.25) is 0 Å². The summed E-state index contributed by atoms with van der Waals surface area (Å²) in [5.74, 6) is 0. The summed E-state index contributed by atoms with van der Waals surface area (Å²) in [5.41, 5.74) is 1.65. The van der Waals surface area contributed by atoms with Gasteiger partial charge in [-0.3, -0.25) is 14.8 Å². The largest absolute Gasteiger partial charge is 0.313 e. The Morgan fingerprint density at radius 3 is 2.90 bits per heavy atom. The predicted molar refractivity (Wildman–Crippen MR) is 81.5 cm³/mol. The molecule has 0 aliphatic carbocycles. The van der Waals surface area contributed by atoms with Gasteiger partial charge in [-0.1, -0.05) is 18.5 Å². The molecular formula is C14H17ClN4O2. The van der Waals surface area contributed by atoms with Crippen molar-refractivity contribution >= 4 is 17.3 Å². The molecule has 21 heavy (non-hydrogen) atoms. The van der Waals surface area contributed by atoms with Gasteiger partial charge in [0, 0.05) is 28.9 Å². The molecule has 0 aliphatic rings. The molecule has 0 aliphatic heterocycles. The van der Waals surface area contributed by atoms with E-state index < -0.39 is 4.92 Å². The van der Waals surface area contributed by atoms with Crippen molar-refractivity contribution in [1.29, 1.82) is 0 Å². The summed E-state index contributed by atoms with van der Waals surface area (Å²) in [6, 6.07) is 4.78. The van der Waals surface area contributed by atoms with Gasteiger partial charge >= 0.3 is 0 Å². The molecule has 0 fully saturated rings. The van der Waals surface area contributed by atoms with Crippen LogP contribution in [0.5, 0.6) is 0 Å². The summed E-state index contributed by atoms with van der Waals surface area (Å²) in [6.45, 7) is 2.40. The molecule has 0 spiro atoms. The average molecular weight is 309 g/mol. The summed E-state index contributed by atoms with van der Waals surface area (Å²) in [7, 11) is 1.90. The number of hydrogen-bond donors (Lipinski definition) is 1. The zero-order valence-electron chi connectivity index (χ0n) is 11.9. The molecule has 0 saturated carbocycles. The van der Waals surface area contributed by atoms with Crippen molar-refractivity contribution in [3.05, 3.63) is 56.9 Å². The molecule has 2 rings (SSSR count). The summed E-state index contributed by atoms with van der Waals surface area (Å²) in [6.07, 6.45) is 4.62. The Bertz CT molecular complexity index is 638. The van der Waals surface area contributed by atoms with Crippen LogP contribution >= 0.6 is 11.6 Å². The van der Waals surface area contributed by atoms with E-state index in [1.54, 1.807) is 16.9 Å². The number of benzene rings is 1. The van der Waals surface area contributed by atoms with E-state index >= 15 is 0 Å². The molecule has 1 heterocycles. The minimum Gasteiger partial charge on any atom is -0.313 e. The van der Waals surface area contributed by atoms with Gasteiger partial charge in [0.25, 0.3) is 5.69 Å². The number of nitrogens with zero attached hydrogens (tertiary/aromatic N) is 3. The molecule has 0 radical (unpaired) electrons. The Kier molecular flexibility index (Phi) is 4.93. The number of halogens is 1. The molecule has 1 unspecified atom stereocenters. The molecule has 0 bridgehead atoms. The highest BCUT2D eigenvalue weighted by Crippen LogP contribution is 2.24. The topological polar surface area (TPSA) is 73.0 Å². The Balaban J connectivity index is 2.26. The number of aromatic nitrogens is 2. The average Bonchev–Trinajstić information content (AvgIpc) is 2.88. The Hall–Kier alpha value is -1.92. The van der Waals surface area contributed by atoms with E-state index in [-0.39, 0.29) is 11.7 Å². The summed E-state index contributed by atoms with van der Waals surface area (Å²) >= 11 is 5.93. The van der Waals surface area contributed by atoms with Crippen molar-refractivity contribution in [1.82, 2.24) is 15.1 Å². The standard InChI is InChI=1S/C14H17ClN4O2/c1-3-13(16-2)11-7-17-18(9-11)8-10-6-12(15)4-5-14(10)19(20)21/h4-7,9,13,16H,3,8H2,1-2H3. The van der Waals surface area contributed by atoms with E-state index in [1.165, 1.54) is 12.1 Å². The zero-order valence-corrected chi connectivity index (χ0v) is 12.7. The third-order valence-corrected chi connectivity index (χ3v) is 3.62. The minimum absolute atomic E-state index is 0.0529. The SMILES string of the molecule is CCC(NC)c1cnn(Cc2cc(Cl)ccc2[N+](=O)[O-])c1. The first-order valence-electron chi connectivity index (χ1n) is 6.67. The Labute approximate surface area is 127 Å². The number of nitro groups is 1. The second-order valence-electron chi connectivity index (χ2n) is 4.75. The quantitative estimate of drug-likeness (QED) is 0.657. The van der Waals surface area contributed by atoms with Crippen LogP contribution < -0.4 is 5.32 Å². The molecule has 1 atom stereocenters. The molecule has 112 valence electrons. The van der Waals surface area contributed by atoms with Crippen LogP contribution in [0.15, 0.2) is 30.6 Å². The van der Waals surface area contributed by atoms with Crippen molar-refractivity contribution in [2.45, 2.75) is 25.9 Å². The van der Waals surface area contributed by atoms with Crippen LogP contribution in [0.3, 0.4) is 0 Å². The van der Waals surface area contributed by atoms with E-state index in [1.807, 2.05) is 13.2 Å². The zero-order chi connectivity index (χ0) is 15.4. The number of nitro benzene ring substituents is 1. The lowest BCUT2D eigenvalue weighted by atomic mass is 10.1. The van der Waals surface area contributed by atoms with Gasteiger partial charge in [0.05, 0.1) is 23.2 Å². The van der Waals surface area contributed by atoms with Crippen LogP contribution in [0.2, 0.25) is 5.02 Å². The molecular weight excluding hydrogens is 292 g/mol. The van der Waals surface area contributed by atoms with E-state index in [0.29, 0.717) is 17.1 Å². The molecule has 7 heteroatoms. The smallest absolute Gasteiger partial charge is 0.274 e. The molecule has 0 amide bonds. The van der Waals surface area contributed by atoms with Crippen LogP contribution in [0, 0.1) is 10.1 Å². The van der Waals surface area contributed by atoms with Crippen molar-refractivity contribution < 1.29 is 4.92 Å². The first-order chi connectivity index (χ1) is 10.0. The van der Waals surface area contributed by atoms with Crippen LogP contribution in [0.25, 0.3) is 0 Å². The summed E-state index contributed by atoms with van der Waals surface area (Å²) in [5, 5.41) is 19.0. The van der Waals surface area contributed by atoms with Crippen LogP contribution in [-0.4, -0.2) is 21.8 Å².